The monoisotopic (exact) mass is 319 g/mol. The maximum atomic E-state index is 5.47. The maximum absolute atomic E-state index is 5.47. The molecule has 0 radical (unpaired) electrons. The molecule has 0 aliphatic carbocycles. The molecule has 0 aromatic heterocycles. The fourth-order valence-electron chi connectivity index (χ4n) is 3.09. The number of nitrogens with one attached hydrogen (secondary N) is 2. The molecule has 0 amide bonds. The van der Waals surface area contributed by atoms with Crippen molar-refractivity contribution in [3.63, 3.8) is 0 Å². The van der Waals surface area contributed by atoms with Gasteiger partial charge in [-0.2, -0.15) is 0 Å². The van der Waals surface area contributed by atoms with E-state index in [1.807, 2.05) is 6.07 Å². The molecule has 0 fully saturated rings. The third kappa shape index (κ3) is 3.71. The highest BCUT2D eigenvalue weighted by Crippen LogP contribution is 2.37. The Hall–Kier alpha value is -1.91. The smallest absolute Gasteiger partial charge is 0.191 e. The lowest BCUT2D eigenvalue weighted by Crippen LogP contribution is -2.45. The minimum Gasteiger partial charge on any atom is -0.493 e. The van der Waals surface area contributed by atoms with Gasteiger partial charge in [0.1, 0.15) is 0 Å². The summed E-state index contributed by atoms with van der Waals surface area (Å²) in [7, 11) is 3.34. The Morgan fingerprint density at radius 2 is 1.91 bits per heavy atom. The van der Waals surface area contributed by atoms with Crippen molar-refractivity contribution in [3.8, 4) is 11.5 Å². The molecule has 1 aliphatic heterocycles. The second-order valence-corrected chi connectivity index (χ2v) is 6.15. The van der Waals surface area contributed by atoms with Crippen LogP contribution in [0.4, 0.5) is 0 Å². The van der Waals surface area contributed by atoms with Gasteiger partial charge in [0.05, 0.1) is 20.8 Å². The average Bonchev–Trinajstić information content (AvgIpc) is 3.01. The Morgan fingerprint density at radius 3 is 2.43 bits per heavy atom. The Morgan fingerprint density at radius 1 is 1.22 bits per heavy atom. The first-order chi connectivity index (χ1) is 11.1. The summed E-state index contributed by atoms with van der Waals surface area (Å²) < 4.78 is 10.8. The normalized spacial score (nSPS) is 17.4. The van der Waals surface area contributed by atoms with Crippen LogP contribution in [0.1, 0.15) is 39.2 Å². The van der Waals surface area contributed by atoms with Crippen LogP contribution in [0.5, 0.6) is 11.5 Å². The topological polar surface area (TPSA) is 54.9 Å². The number of ether oxygens (including phenoxy) is 2. The molecule has 1 aromatic rings. The van der Waals surface area contributed by atoms with E-state index in [0.29, 0.717) is 6.04 Å². The SMILES string of the molecule is CCC(CC)(CNC1=NCC(C)N1)c1ccc(OC)c(OC)c1. The van der Waals surface area contributed by atoms with E-state index < -0.39 is 0 Å². The van der Waals surface area contributed by atoms with Crippen molar-refractivity contribution in [1.82, 2.24) is 10.6 Å². The molecule has 2 rings (SSSR count). The van der Waals surface area contributed by atoms with Crippen LogP contribution in [0.3, 0.4) is 0 Å². The third-order valence-corrected chi connectivity index (χ3v) is 4.85. The van der Waals surface area contributed by atoms with E-state index in [1.165, 1.54) is 5.56 Å². The molecular formula is C18H29N3O2. The lowest BCUT2D eigenvalue weighted by atomic mass is 9.75. The zero-order valence-electron chi connectivity index (χ0n) is 14.9. The van der Waals surface area contributed by atoms with Crippen LogP contribution in [-0.2, 0) is 5.41 Å². The Labute approximate surface area is 139 Å². The van der Waals surface area contributed by atoms with E-state index in [9.17, 15) is 0 Å². The van der Waals surface area contributed by atoms with Gasteiger partial charge in [0, 0.05) is 18.0 Å². The fourth-order valence-corrected chi connectivity index (χ4v) is 3.09. The van der Waals surface area contributed by atoms with Crippen LogP contribution in [0.15, 0.2) is 23.2 Å². The molecule has 1 aromatic carbocycles. The van der Waals surface area contributed by atoms with Gasteiger partial charge >= 0.3 is 0 Å². The second kappa shape index (κ2) is 7.57. The van der Waals surface area contributed by atoms with E-state index in [1.54, 1.807) is 14.2 Å². The number of rotatable bonds is 7. The fraction of sp³-hybridized carbons (Fsp3) is 0.611. The summed E-state index contributed by atoms with van der Waals surface area (Å²) in [6.45, 7) is 8.28. The van der Waals surface area contributed by atoms with Gasteiger partial charge in [0.25, 0.3) is 0 Å². The van der Waals surface area contributed by atoms with E-state index >= 15 is 0 Å². The van der Waals surface area contributed by atoms with Crippen LogP contribution in [0.25, 0.3) is 0 Å². The predicted molar refractivity (Wildman–Crippen MR) is 94.7 cm³/mol. The van der Waals surface area contributed by atoms with Gasteiger partial charge in [0.15, 0.2) is 17.5 Å². The summed E-state index contributed by atoms with van der Waals surface area (Å²) in [6, 6.07) is 6.64. The van der Waals surface area contributed by atoms with Gasteiger partial charge in [-0.15, -0.1) is 0 Å². The molecule has 0 saturated heterocycles. The summed E-state index contributed by atoms with van der Waals surface area (Å²) in [4.78, 5) is 4.49. The summed E-state index contributed by atoms with van der Waals surface area (Å²) in [5.74, 6) is 2.45. The van der Waals surface area contributed by atoms with Crippen LogP contribution < -0.4 is 20.1 Å². The molecule has 1 aliphatic rings. The molecule has 23 heavy (non-hydrogen) atoms. The van der Waals surface area contributed by atoms with Gasteiger partial charge in [-0.25, -0.2) is 0 Å². The third-order valence-electron chi connectivity index (χ3n) is 4.85. The quantitative estimate of drug-likeness (QED) is 0.811. The van der Waals surface area contributed by atoms with Crippen molar-refractivity contribution < 1.29 is 9.47 Å². The standard InChI is InChI=1S/C18H29N3O2/c1-6-18(7-2,12-20-17-19-11-13(3)21-17)14-8-9-15(22-4)16(10-14)23-5/h8-10,13H,6-7,11-12H2,1-5H3,(H2,19,20,21). The van der Waals surface area contributed by atoms with Crippen molar-refractivity contribution in [2.75, 3.05) is 27.3 Å². The molecule has 5 heteroatoms. The lowest BCUT2D eigenvalue weighted by molar-refractivity contribution is 0.348. The number of benzene rings is 1. The minimum absolute atomic E-state index is 0.0373. The molecule has 1 unspecified atom stereocenters. The number of hydrogen-bond donors (Lipinski definition) is 2. The second-order valence-electron chi connectivity index (χ2n) is 6.15. The van der Waals surface area contributed by atoms with E-state index in [2.05, 4.69) is 48.5 Å². The first kappa shape index (κ1) is 17.4. The average molecular weight is 319 g/mol. The molecule has 0 saturated carbocycles. The number of aliphatic imine (C=N–C) groups is 1. The zero-order chi connectivity index (χ0) is 16.9. The first-order valence-electron chi connectivity index (χ1n) is 8.36. The van der Waals surface area contributed by atoms with E-state index in [4.69, 9.17) is 9.47 Å². The number of methoxy groups -OCH3 is 2. The Kier molecular flexibility index (Phi) is 5.74. The maximum Gasteiger partial charge on any atom is 0.191 e. The van der Waals surface area contributed by atoms with Crippen molar-refractivity contribution in [3.05, 3.63) is 23.8 Å². The number of guanidine groups is 1. The summed E-state index contributed by atoms with van der Waals surface area (Å²) in [5, 5.41) is 6.85. The Bertz CT molecular complexity index is 553. The molecule has 0 spiro atoms. The van der Waals surface area contributed by atoms with Gasteiger partial charge in [0.2, 0.25) is 0 Å². The van der Waals surface area contributed by atoms with Crippen molar-refractivity contribution in [2.45, 2.75) is 45.1 Å². The van der Waals surface area contributed by atoms with Crippen molar-refractivity contribution in [1.29, 1.82) is 0 Å². The van der Waals surface area contributed by atoms with Gasteiger partial charge < -0.3 is 20.1 Å². The molecule has 1 atom stereocenters. The summed E-state index contributed by atoms with van der Waals surface area (Å²) >= 11 is 0. The summed E-state index contributed by atoms with van der Waals surface area (Å²) in [6.07, 6.45) is 2.07. The molecule has 5 nitrogen and oxygen atoms in total. The minimum atomic E-state index is 0.0373. The van der Waals surface area contributed by atoms with Gasteiger partial charge in [-0.1, -0.05) is 19.9 Å². The molecule has 2 N–H and O–H groups in total. The van der Waals surface area contributed by atoms with Crippen molar-refractivity contribution in [2.24, 2.45) is 4.99 Å². The first-order valence-corrected chi connectivity index (χ1v) is 8.36. The summed E-state index contributed by atoms with van der Waals surface area (Å²) in [5.41, 5.74) is 1.30. The number of hydrogen-bond acceptors (Lipinski definition) is 5. The van der Waals surface area contributed by atoms with Crippen LogP contribution >= 0.6 is 0 Å². The molecule has 128 valence electrons. The molecule has 0 bridgehead atoms. The van der Waals surface area contributed by atoms with E-state index in [0.717, 1.165) is 43.4 Å². The predicted octanol–water partition coefficient (Wildman–Crippen LogP) is 2.70. The van der Waals surface area contributed by atoms with Crippen LogP contribution in [0.2, 0.25) is 0 Å². The van der Waals surface area contributed by atoms with Crippen molar-refractivity contribution >= 4 is 5.96 Å². The highest BCUT2D eigenvalue weighted by molar-refractivity contribution is 5.81. The molecule has 1 heterocycles. The number of nitrogens with zero attached hydrogens (tertiary/aromatic N) is 1. The largest absolute Gasteiger partial charge is 0.493 e. The van der Waals surface area contributed by atoms with Gasteiger partial charge in [-0.3, -0.25) is 4.99 Å². The van der Waals surface area contributed by atoms with Gasteiger partial charge in [-0.05, 0) is 37.5 Å². The van der Waals surface area contributed by atoms with E-state index in [-0.39, 0.29) is 5.41 Å². The molecular weight excluding hydrogens is 290 g/mol. The van der Waals surface area contributed by atoms with Crippen LogP contribution in [-0.4, -0.2) is 39.3 Å². The van der Waals surface area contributed by atoms with Crippen LogP contribution in [0, 0.1) is 0 Å². The lowest BCUT2D eigenvalue weighted by Gasteiger charge is -2.33. The Balaban J connectivity index is 2.22. The highest BCUT2D eigenvalue weighted by atomic mass is 16.5. The zero-order valence-corrected chi connectivity index (χ0v) is 14.9. The highest BCUT2D eigenvalue weighted by Gasteiger charge is 2.30.